The van der Waals surface area contributed by atoms with Gasteiger partial charge in [0, 0.05) is 40.6 Å². The van der Waals surface area contributed by atoms with Crippen LogP contribution in [-0.2, 0) is 0 Å². The molecule has 6 aromatic carbocycles. The number of nitrogens with zero attached hydrogens (tertiary/aromatic N) is 2. The van der Waals surface area contributed by atoms with Crippen LogP contribution in [0.1, 0.15) is 11.1 Å². The SMILES string of the molecule is N=C(C(=C1C=NC=CN1)c1ccccc1)c1ccc(N(c2ccc3ccccc3c2)c2ccc3ccccc3c2)cc1. The summed E-state index contributed by atoms with van der Waals surface area (Å²) in [4.78, 5) is 6.58. The van der Waals surface area contributed by atoms with E-state index >= 15 is 0 Å². The molecule has 1 aliphatic heterocycles. The molecule has 1 heterocycles. The van der Waals surface area contributed by atoms with Gasteiger partial charge < -0.3 is 10.2 Å². The molecule has 0 amide bonds. The number of fused-ring (bicyclic) bond motifs is 2. The van der Waals surface area contributed by atoms with Gasteiger partial charge >= 0.3 is 0 Å². The largest absolute Gasteiger partial charge is 0.358 e. The van der Waals surface area contributed by atoms with Crippen LogP contribution in [0.15, 0.2) is 163 Å². The van der Waals surface area contributed by atoms with Gasteiger partial charge in [0.05, 0.1) is 17.6 Å². The van der Waals surface area contributed by atoms with E-state index in [1.54, 1.807) is 18.6 Å². The van der Waals surface area contributed by atoms with Gasteiger partial charge in [-0.3, -0.25) is 10.4 Å². The molecular weight excluding hydrogens is 512 g/mol. The van der Waals surface area contributed by atoms with Crippen molar-refractivity contribution < 1.29 is 0 Å². The topological polar surface area (TPSA) is 51.5 Å². The predicted octanol–water partition coefficient (Wildman–Crippen LogP) is 9.39. The van der Waals surface area contributed by atoms with E-state index in [2.05, 4.69) is 112 Å². The summed E-state index contributed by atoms with van der Waals surface area (Å²) in [6.45, 7) is 0. The van der Waals surface area contributed by atoms with E-state index in [4.69, 9.17) is 0 Å². The van der Waals surface area contributed by atoms with Gasteiger partial charge in [-0.25, -0.2) is 0 Å². The van der Waals surface area contributed by atoms with Crippen LogP contribution >= 0.6 is 0 Å². The molecule has 0 saturated carbocycles. The highest BCUT2D eigenvalue weighted by Gasteiger charge is 2.18. The average Bonchev–Trinajstić information content (AvgIpc) is 3.06. The molecule has 6 aromatic rings. The number of allylic oxidation sites excluding steroid dienone is 2. The highest BCUT2D eigenvalue weighted by molar-refractivity contribution is 6.33. The highest BCUT2D eigenvalue weighted by Crippen LogP contribution is 2.38. The second-order valence-electron chi connectivity index (χ2n) is 10.2. The molecule has 42 heavy (non-hydrogen) atoms. The molecule has 0 fully saturated rings. The van der Waals surface area contributed by atoms with Crippen LogP contribution in [0.4, 0.5) is 17.1 Å². The van der Waals surface area contributed by atoms with Gasteiger partial charge in [0.2, 0.25) is 0 Å². The third-order valence-corrected chi connectivity index (χ3v) is 7.58. The van der Waals surface area contributed by atoms with Crippen molar-refractivity contribution in [3.8, 4) is 0 Å². The van der Waals surface area contributed by atoms with Crippen molar-refractivity contribution in [2.24, 2.45) is 4.99 Å². The average molecular weight is 541 g/mol. The van der Waals surface area contributed by atoms with Gasteiger partial charge in [0.25, 0.3) is 0 Å². The summed E-state index contributed by atoms with van der Waals surface area (Å²) >= 11 is 0. The predicted molar refractivity (Wildman–Crippen MR) is 177 cm³/mol. The van der Waals surface area contributed by atoms with Crippen molar-refractivity contribution in [1.82, 2.24) is 5.32 Å². The lowest BCUT2D eigenvalue weighted by atomic mass is 9.94. The molecule has 0 unspecified atom stereocenters. The maximum atomic E-state index is 9.25. The van der Waals surface area contributed by atoms with Crippen LogP contribution in [-0.4, -0.2) is 11.9 Å². The lowest BCUT2D eigenvalue weighted by Crippen LogP contribution is -2.17. The van der Waals surface area contributed by atoms with Crippen LogP contribution in [0.2, 0.25) is 0 Å². The van der Waals surface area contributed by atoms with Crippen LogP contribution in [0.5, 0.6) is 0 Å². The maximum absolute atomic E-state index is 9.25. The fourth-order valence-corrected chi connectivity index (χ4v) is 5.50. The van der Waals surface area contributed by atoms with Crippen LogP contribution in [0.25, 0.3) is 27.1 Å². The Bertz CT molecular complexity index is 1940. The molecule has 7 rings (SSSR count). The molecule has 4 nitrogen and oxygen atoms in total. The first kappa shape index (κ1) is 25.2. The van der Waals surface area contributed by atoms with Gasteiger partial charge in [-0.1, -0.05) is 103 Å². The van der Waals surface area contributed by atoms with E-state index < -0.39 is 0 Å². The summed E-state index contributed by atoms with van der Waals surface area (Å²) in [6, 6.07) is 48.3. The van der Waals surface area contributed by atoms with Gasteiger partial charge in [0.1, 0.15) is 0 Å². The zero-order chi connectivity index (χ0) is 28.3. The van der Waals surface area contributed by atoms with Gasteiger partial charge in [-0.2, -0.15) is 0 Å². The van der Waals surface area contributed by atoms with Gasteiger partial charge in [0.15, 0.2) is 0 Å². The highest BCUT2D eigenvalue weighted by atomic mass is 15.1. The molecule has 0 atom stereocenters. The Labute approximate surface area is 245 Å². The summed E-state index contributed by atoms with van der Waals surface area (Å²) in [5.41, 5.74) is 6.99. The fourth-order valence-electron chi connectivity index (χ4n) is 5.50. The van der Waals surface area contributed by atoms with Crippen molar-refractivity contribution in [3.05, 3.63) is 169 Å². The first-order valence-electron chi connectivity index (χ1n) is 14.0. The van der Waals surface area contributed by atoms with Crippen molar-refractivity contribution in [1.29, 1.82) is 5.41 Å². The molecule has 200 valence electrons. The van der Waals surface area contributed by atoms with Gasteiger partial charge in [-0.05, 0) is 63.5 Å². The van der Waals surface area contributed by atoms with E-state index in [1.807, 2.05) is 42.5 Å². The Morgan fingerprint density at radius 1 is 0.548 bits per heavy atom. The minimum atomic E-state index is 0.431. The lowest BCUT2D eigenvalue weighted by molar-refractivity contribution is 1.12. The van der Waals surface area contributed by atoms with E-state index in [-0.39, 0.29) is 0 Å². The number of aliphatic imine (C=N–C) groups is 1. The summed E-state index contributed by atoms with van der Waals surface area (Å²) in [6.07, 6.45) is 5.27. The Morgan fingerprint density at radius 3 is 1.67 bits per heavy atom. The maximum Gasteiger partial charge on any atom is 0.0712 e. The number of nitrogens with one attached hydrogen (secondary N) is 2. The lowest BCUT2D eigenvalue weighted by Gasteiger charge is -2.26. The van der Waals surface area contributed by atoms with Crippen molar-refractivity contribution in [2.75, 3.05) is 4.90 Å². The number of benzene rings is 6. The second kappa shape index (κ2) is 11.0. The molecule has 0 bridgehead atoms. The second-order valence-corrected chi connectivity index (χ2v) is 10.2. The van der Waals surface area contributed by atoms with E-state index in [0.29, 0.717) is 5.71 Å². The van der Waals surface area contributed by atoms with E-state index in [9.17, 15) is 5.41 Å². The molecule has 2 N–H and O–H groups in total. The standard InChI is InChI=1S/C38H28N4/c39-38(37(29-10-2-1-3-11-29)36-26-40-22-23-41-36)30-16-18-33(19-17-30)42(34-20-14-27-8-4-6-12-31(27)24-34)35-21-15-28-9-5-7-13-32(28)25-35/h1-26,39,41H. The van der Waals surface area contributed by atoms with Crippen LogP contribution in [0.3, 0.4) is 0 Å². The monoisotopic (exact) mass is 540 g/mol. The molecular formula is C38H28N4. The zero-order valence-corrected chi connectivity index (χ0v) is 22.9. The Balaban J connectivity index is 1.32. The molecule has 0 aromatic heterocycles. The normalized spacial score (nSPS) is 13.6. The number of anilines is 3. The number of hydrogen-bond donors (Lipinski definition) is 2. The smallest absolute Gasteiger partial charge is 0.0712 e. The first-order valence-corrected chi connectivity index (χ1v) is 14.0. The Kier molecular flexibility index (Phi) is 6.63. The minimum Gasteiger partial charge on any atom is -0.358 e. The van der Waals surface area contributed by atoms with Crippen LogP contribution < -0.4 is 10.2 Å². The zero-order valence-electron chi connectivity index (χ0n) is 22.9. The summed E-state index contributed by atoms with van der Waals surface area (Å²) in [5, 5.41) is 17.3. The molecule has 4 heteroatoms. The van der Waals surface area contributed by atoms with Crippen molar-refractivity contribution in [3.63, 3.8) is 0 Å². The Hall–Kier alpha value is -5.74. The molecule has 0 radical (unpaired) electrons. The fraction of sp³-hybridized carbons (Fsp3) is 0. The molecule has 0 saturated heterocycles. The van der Waals surface area contributed by atoms with Gasteiger partial charge in [-0.15, -0.1) is 0 Å². The van der Waals surface area contributed by atoms with Crippen molar-refractivity contribution in [2.45, 2.75) is 0 Å². The molecule has 0 aliphatic carbocycles. The Morgan fingerprint density at radius 2 is 1.10 bits per heavy atom. The third kappa shape index (κ3) is 4.87. The quantitative estimate of drug-likeness (QED) is 0.207. The summed E-state index contributed by atoms with van der Waals surface area (Å²) in [7, 11) is 0. The van der Waals surface area contributed by atoms with Crippen molar-refractivity contribution >= 4 is 56.1 Å². The first-order chi connectivity index (χ1) is 20.7. The molecule has 1 aliphatic rings. The van der Waals surface area contributed by atoms with Crippen LogP contribution in [0, 0.1) is 5.41 Å². The number of hydrogen-bond acceptors (Lipinski definition) is 4. The minimum absolute atomic E-state index is 0.431. The third-order valence-electron chi connectivity index (χ3n) is 7.58. The summed E-state index contributed by atoms with van der Waals surface area (Å²) < 4.78 is 0. The van der Waals surface area contributed by atoms with E-state index in [0.717, 1.165) is 39.5 Å². The number of rotatable bonds is 6. The van der Waals surface area contributed by atoms with E-state index in [1.165, 1.54) is 21.5 Å². The summed E-state index contributed by atoms with van der Waals surface area (Å²) in [5.74, 6) is 0. The molecule has 0 spiro atoms.